The van der Waals surface area contributed by atoms with Crippen LogP contribution in [0.4, 0.5) is 0 Å². The van der Waals surface area contributed by atoms with Crippen LogP contribution in [0.3, 0.4) is 0 Å². The molecule has 0 unspecified atom stereocenters. The molecule has 39 heavy (non-hydrogen) atoms. The number of pyridine rings is 1. The third-order valence-corrected chi connectivity index (χ3v) is 6.34. The molecule has 0 saturated carbocycles. The Morgan fingerprint density at radius 3 is 2.62 bits per heavy atom. The van der Waals surface area contributed by atoms with Crippen LogP contribution in [0.5, 0.6) is 11.5 Å². The number of nitriles is 1. The molecule has 0 saturated heterocycles. The van der Waals surface area contributed by atoms with Crippen molar-refractivity contribution < 1.29 is 19.4 Å². The molecule has 0 atom stereocenters. The largest absolute Gasteiger partial charge is 0.489 e. The number of benzene rings is 3. The molecule has 198 valence electrons. The zero-order valence-electron chi connectivity index (χ0n) is 21.9. The Morgan fingerprint density at radius 2 is 1.82 bits per heavy atom. The molecule has 0 radical (unpaired) electrons. The van der Waals surface area contributed by atoms with Crippen LogP contribution in [0.2, 0.25) is 0 Å². The highest BCUT2D eigenvalue weighted by molar-refractivity contribution is 5.68. The Kier molecular flexibility index (Phi) is 9.65. The summed E-state index contributed by atoms with van der Waals surface area (Å²) >= 11 is 0. The SMILES string of the molecule is Cc1c(COc2ccc(CNCCCC(=O)O)c(OCc3cncc(C#N)c3)c2)cccc1-c1ccccc1. The Bertz CT molecular complexity index is 1450. The molecule has 0 aliphatic rings. The highest BCUT2D eigenvalue weighted by Crippen LogP contribution is 2.29. The fourth-order valence-electron chi connectivity index (χ4n) is 4.21. The van der Waals surface area contributed by atoms with Gasteiger partial charge in [-0.2, -0.15) is 5.26 Å². The average molecular weight is 522 g/mol. The Morgan fingerprint density at radius 1 is 0.974 bits per heavy atom. The van der Waals surface area contributed by atoms with Crippen LogP contribution < -0.4 is 14.8 Å². The van der Waals surface area contributed by atoms with E-state index in [0.717, 1.165) is 16.7 Å². The number of nitrogens with zero attached hydrogens (tertiary/aromatic N) is 2. The molecule has 0 bridgehead atoms. The van der Waals surface area contributed by atoms with Gasteiger partial charge in [-0.15, -0.1) is 0 Å². The fraction of sp³-hybridized carbons (Fsp3) is 0.219. The first kappa shape index (κ1) is 27.4. The van der Waals surface area contributed by atoms with Crippen LogP contribution in [-0.4, -0.2) is 22.6 Å². The van der Waals surface area contributed by atoms with E-state index in [0.29, 0.717) is 43.2 Å². The number of aliphatic carboxylic acids is 1. The van der Waals surface area contributed by atoms with E-state index >= 15 is 0 Å². The van der Waals surface area contributed by atoms with Crippen molar-refractivity contribution in [3.8, 4) is 28.7 Å². The first-order chi connectivity index (χ1) is 19.0. The normalized spacial score (nSPS) is 10.6. The number of nitrogens with one attached hydrogen (secondary N) is 1. The van der Waals surface area contributed by atoms with Gasteiger partial charge >= 0.3 is 5.97 Å². The summed E-state index contributed by atoms with van der Waals surface area (Å²) < 4.78 is 12.3. The highest BCUT2D eigenvalue weighted by atomic mass is 16.5. The minimum Gasteiger partial charge on any atom is -0.489 e. The van der Waals surface area contributed by atoms with Crippen LogP contribution >= 0.6 is 0 Å². The number of ether oxygens (including phenoxy) is 2. The molecule has 3 aromatic carbocycles. The number of rotatable bonds is 13. The van der Waals surface area contributed by atoms with Crippen molar-refractivity contribution in [2.24, 2.45) is 0 Å². The van der Waals surface area contributed by atoms with Crippen LogP contribution in [0.1, 0.15) is 40.7 Å². The zero-order chi connectivity index (χ0) is 27.5. The average Bonchev–Trinajstić information content (AvgIpc) is 2.96. The lowest BCUT2D eigenvalue weighted by Gasteiger charge is -2.16. The second-order valence-corrected chi connectivity index (χ2v) is 9.17. The van der Waals surface area contributed by atoms with Crippen LogP contribution in [0.25, 0.3) is 11.1 Å². The lowest BCUT2D eigenvalue weighted by Crippen LogP contribution is -2.16. The van der Waals surface area contributed by atoms with E-state index in [9.17, 15) is 4.79 Å². The number of hydrogen-bond acceptors (Lipinski definition) is 6. The quantitative estimate of drug-likeness (QED) is 0.207. The minimum atomic E-state index is -0.805. The van der Waals surface area contributed by atoms with Crippen molar-refractivity contribution in [3.05, 3.63) is 113 Å². The minimum absolute atomic E-state index is 0.121. The lowest BCUT2D eigenvalue weighted by molar-refractivity contribution is -0.137. The van der Waals surface area contributed by atoms with Gasteiger partial charge in [0.25, 0.3) is 0 Å². The summed E-state index contributed by atoms with van der Waals surface area (Å²) in [6, 6.07) is 26.1. The summed E-state index contributed by atoms with van der Waals surface area (Å²) in [7, 11) is 0. The summed E-state index contributed by atoms with van der Waals surface area (Å²) in [6.07, 6.45) is 3.85. The molecule has 0 spiro atoms. The summed E-state index contributed by atoms with van der Waals surface area (Å²) in [5.74, 6) is 0.517. The lowest BCUT2D eigenvalue weighted by atomic mass is 9.97. The molecule has 1 heterocycles. The summed E-state index contributed by atoms with van der Waals surface area (Å²) in [6.45, 7) is 3.86. The third kappa shape index (κ3) is 7.91. The van der Waals surface area contributed by atoms with Gasteiger partial charge in [0.1, 0.15) is 30.8 Å². The first-order valence-corrected chi connectivity index (χ1v) is 12.8. The Labute approximate surface area is 228 Å². The third-order valence-electron chi connectivity index (χ3n) is 6.34. The van der Waals surface area contributed by atoms with Gasteiger partial charge in [0.05, 0.1) is 5.56 Å². The van der Waals surface area contributed by atoms with Crippen LogP contribution in [0, 0.1) is 18.3 Å². The van der Waals surface area contributed by atoms with Crippen molar-refractivity contribution in [2.75, 3.05) is 6.54 Å². The van der Waals surface area contributed by atoms with Crippen LogP contribution in [0.15, 0.2) is 85.2 Å². The standard InChI is InChI=1S/C32H31N3O4/c1-23-28(9-5-10-30(23)26-7-3-2-4-8-26)22-38-29-13-12-27(20-34-14-6-11-32(36)37)31(16-29)39-21-25-15-24(17-33)18-35-19-25/h2-5,7-10,12-13,15-16,18-19,34H,6,11,14,20-22H2,1H3,(H,36,37). The molecular formula is C32H31N3O4. The molecule has 0 fully saturated rings. The molecule has 0 aliphatic carbocycles. The van der Waals surface area contributed by atoms with Crippen molar-refractivity contribution in [3.63, 3.8) is 0 Å². The van der Waals surface area contributed by atoms with Crippen molar-refractivity contribution in [1.29, 1.82) is 5.26 Å². The van der Waals surface area contributed by atoms with Gasteiger partial charge in [-0.05, 0) is 54.3 Å². The number of carbonyl (C=O) groups is 1. The molecule has 2 N–H and O–H groups in total. The van der Waals surface area contributed by atoms with E-state index in [2.05, 4.69) is 47.6 Å². The van der Waals surface area contributed by atoms with E-state index in [4.69, 9.17) is 19.8 Å². The van der Waals surface area contributed by atoms with E-state index in [-0.39, 0.29) is 13.0 Å². The molecule has 4 rings (SSSR count). The van der Waals surface area contributed by atoms with Crippen LogP contribution in [-0.2, 0) is 24.6 Å². The summed E-state index contributed by atoms with van der Waals surface area (Å²) in [4.78, 5) is 14.9. The first-order valence-electron chi connectivity index (χ1n) is 12.8. The maximum atomic E-state index is 10.8. The summed E-state index contributed by atoms with van der Waals surface area (Å²) in [5, 5.41) is 21.3. The highest BCUT2D eigenvalue weighted by Gasteiger charge is 2.10. The van der Waals surface area contributed by atoms with Gasteiger partial charge < -0.3 is 19.9 Å². The maximum Gasteiger partial charge on any atom is 0.303 e. The second-order valence-electron chi connectivity index (χ2n) is 9.17. The van der Waals surface area contributed by atoms with Crippen molar-refractivity contribution in [2.45, 2.75) is 39.5 Å². The molecule has 0 aliphatic heterocycles. The number of carboxylic acid groups (broad SMARTS) is 1. The van der Waals surface area contributed by atoms with Crippen molar-refractivity contribution >= 4 is 5.97 Å². The fourth-order valence-corrected chi connectivity index (χ4v) is 4.21. The van der Waals surface area contributed by atoms with Gasteiger partial charge in [0, 0.05) is 42.6 Å². The Hall–Kier alpha value is -4.67. The predicted octanol–water partition coefficient (Wildman–Crippen LogP) is 6.04. The van der Waals surface area contributed by atoms with Gasteiger partial charge in [-0.1, -0.05) is 54.6 Å². The van der Waals surface area contributed by atoms with Gasteiger partial charge in [0.15, 0.2) is 0 Å². The molecule has 4 aromatic rings. The molecule has 7 nitrogen and oxygen atoms in total. The van der Waals surface area contributed by atoms with E-state index in [1.54, 1.807) is 12.3 Å². The smallest absolute Gasteiger partial charge is 0.303 e. The zero-order valence-corrected chi connectivity index (χ0v) is 21.9. The molecule has 0 amide bonds. The molecular weight excluding hydrogens is 490 g/mol. The number of carboxylic acids is 1. The predicted molar refractivity (Wildman–Crippen MR) is 149 cm³/mol. The topological polar surface area (TPSA) is 104 Å². The van der Waals surface area contributed by atoms with Gasteiger partial charge in [-0.3, -0.25) is 9.78 Å². The van der Waals surface area contributed by atoms with E-state index in [1.807, 2.05) is 42.5 Å². The summed E-state index contributed by atoms with van der Waals surface area (Å²) in [5.41, 5.74) is 6.80. The second kappa shape index (κ2) is 13.8. The molecule has 1 aromatic heterocycles. The number of aromatic nitrogens is 1. The Balaban J connectivity index is 1.48. The number of hydrogen-bond donors (Lipinski definition) is 2. The monoisotopic (exact) mass is 521 g/mol. The van der Waals surface area contributed by atoms with E-state index < -0.39 is 5.97 Å². The van der Waals surface area contributed by atoms with E-state index in [1.165, 1.54) is 22.9 Å². The molecule has 7 heteroatoms. The maximum absolute atomic E-state index is 10.8. The van der Waals surface area contributed by atoms with Gasteiger partial charge in [0.2, 0.25) is 0 Å². The van der Waals surface area contributed by atoms with Gasteiger partial charge in [-0.25, -0.2) is 0 Å². The van der Waals surface area contributed by atoms with Crippen molar-refractivity contribution in [1.82, 2.24) is 10.3 Å².